The first-order valence-corrected chi connectivity index (χ1v) is 7.76. The highest BCUT2D eigenvalue weighted by atomic mass is 35.5. The second-order valence-corrected chi connectivity index (χ2v) is 5.64. The van der Waals surface area contributed by atoms with Crippen LogP contribution in [-0.4, -0.2) is 28.6 Å². The van der Waals surface area contributed by atoms with Crippen LogP contribution in [0.4, 0.5) is 5.69 Å². The molecule has 0 aliphatic carbocycles. The van der Waals surface area contributed by atoms with E-state index in [4.69, 9.17) is 11.6 Å². The van der Waals surface area contributed by atoms with Gasteiger partial charge in [-0.25, -0.2) is 0 Å². The molecule has 1 heterocycles. The lowest BCUT2D eigenvalue weighted by atomic mass is 10.1. The molecule has 0 saturated carbocycles. The number of carbonyl (C=O) groups excluding carboxylic acids is 2. The van der Waals surface area contributed by atoms with E-state index in [0.29, 0.717) is 17.3 Å². The maximum absolute atomic E-state index is 12.0. The average Bonchev–Trinajstić information content (AvgIpc) is 2.80. The summed E-state index contributed by atoms with van der Waals surface area (Å²) in [6, 6.07) is 7.12. The van der Waals surface area contributed by atoms with E-state index in [1.54, 1.807) is 49.1 Å². The molecule has 24 heavy (non-hydrogen) atoms. The molecule has 126 valence electrons. The lowest BCUT2D eigenvalue weighted by Crippen LogP contribution is -2.19. The summed E-state index contributed by atoms with van der Waals surface area (Å²) in [5, 5.41) is 9.99. The van der Waals surface area contributed by atoms with Gasteiger partial charge in [0.2, 0.25) is 11.8 Å². The van der Waals surface area contributed by atoms with E-state index in [1.807, 2.05) is 6.92 Å². The molecule has 2 amide bonds. The van der Waals surface area contributed by atoms with Gasteiger partial charge in [0.1, 0.15) is 5.15 Å². The van der Waals surface area contributed by atoms with E-state index in [9.17, 15) is 9.59 Å². The molecule has 0 spiro atoms. The second kappa shape index (κ2) is 7.79. The number of nitrogens with one attached hydrogen (secondary N) is 2. The van der Waals surface area contributed by atoms with E-state index in [-0.39, 0.29) is 11.8 Å². The van der Waals surface area contributed by atoms with Crippen LogP contribution in [0.25, 0.3) is 6.08 Å². The Labute approximate surface area is 145 Å². The molecule has 2 rings (SSSR count). The molecule has 1 aromatic carbocycles. The zero-order valence-electron chi connectivity index (χ0n) is 13.8. The molecule has 0 bridgehead atoms. The highest BCUT2D eigenvalue weighted by Gasteiger charge is 2.08. The van der Waals surface area contributed by atoms with Crippen molar-refractivity contribution in [1.29, 1.82) is 0 Å². The lowest BCUT2D eigenvalue weighted by molar-refractivity contribution is -0.120. The first kappa shape index (κ1) is 17.7. The molecule has 0 aliphatic rings. The van der Waals surface area contributed by atoms with Gasteiger partial charge in [-0.1, -0.05) is 23.7 Å². The van der Waals surface area contributed by atoms with Crippen LogP contribution in [0, 0.1) is 6.92 Å². The Morgan fingerprint density at radius 2 is 1.96 bits per heavy atom. The third-order valence-electron chi connectivity index (χ3n) is 3.46. The molecule has 2 aromatic rings. The van der Waals surface area contributed by atoms with Crippen LogP contribution in [0.3, 0.4) is 0 Å². The number of anilines is 1. The van der Waals surface area contributed by atoms with Crippen molar-refractivity contribution in [2.75, 3.05) is 12.4 Å². The number of rotatable bonds is 5. The quantitative estimate of drug-likeness (QED) is 0.816. The van der Waals surface area contributed by atoms with Crippen molar-refractivity contribution in [2.45, 2.75) is 13.3 Å². The predicted molar refractivity (Wildman–Crippen MR) is 94.8 cm³/mol. The first-order valence-electron chi connectivity index (χ1n) is 7.38. The van der Waals surface area contributed by atoms with E-state index in [2.05, 4.69) is 15.7 Å². The van der Waals surface area contributed by atoms with Gasteiger partial charge in [-0.05, 0) is 30.7 Å². The molecule has 0 fully saturated rings. The van der Waals surface area contributed by atoms with Gasteiger partial charge in [-0.3, -0.25) is 14.3 Å². The molecular formula is C17H19ClN4O2. The Kier molecular flexibility index (Phi) is 5.76. The van der Waals surface area contributed by atoms with Crippen molar-refractivity contribution in [3.05, 3.63) is 52.3 Å². The van der Waals surface area contributed by atoms with Crippen LogP contribution >= 0.6 is 11.6 Å². The molecule has 0 atom stereocenters. The third-order valence-corrected chi connectivity index (χ3v) is 3.91. The van der Waals surface area contributed by atoms with Crippen molar-refractivity contribution in [3.8, 4) is 0 Å². The van der Waals surface area contributed by atoms with Gasteiger partial charge in [0.05, 0.1) is 12.1 Å². The minimum absolute atomic E-state index is 0.0570. The molecule has 2 N–H and O–H groups in total. The van der Waals surface area contributed by atoms with Crippen LogP contribution in [0.1, 0.15) is 16.8 Å². The summed E-state index contributed by atoms with van der Waals surface area (Å²) in [6.45, 7) is 1.83. The summed E-state index contributed by atoms with van der Waals surface area (Å²) in [6.07, 6.45) is 3.36. The molecule has 0 radical (unpaired) electrons. The van der Waals surface area contributed by atoms with E-state index in [0.717, 1.165) is 16.8 Å². The summed E-state index contributed by atoms with van der Waals surface area (Å²) in [5.41, 5.74) is 3.00. The zero-order chi connectivity index (χ0) is 17.7. The molecule has 0 aliphatic heterocycles. The van der Waals surface area contributed by atoms with Gasteiger partial charge in [0, 0.05) is 31.4 Å². The van der Waals surface area contributed by atoms with Crippen LogP contribution in [0.15, 0.2) is 30.3 Å². The summed E-state index contributed by atoms with van der Waals surface area (Å²) in [4.78, 5) is 23.3. The largest absolute Gasteiger partial charge is 0.359 e. The van der Waals surface area contributed by atoms with Crippen LogP contribution in [0.2, 0.25) is 5.15 Å². The first-order chi connectivity index (χ1) is 11.4. The van der Waals surface area contributed by atoms with Gasteiger partial charge in [-0.15, -0.1) is 0 Å². The Morgan fingerprint density at radius 1 is 1.29 bits per heavy atom. The van der Waals surface area contributed by atoms with E-state index >= 15 is 0 Å². The number of nitrogens with zero attached hydrogens (tertiary/aromatic N) is 2. The molecule has 0 saturated heterocycles. The highest BCUT2D eigenvalue weighted by molar-refractivity contribution is 6.31. The Hall–Kier alpha value is -2.60. The second-order valence-electron chi connectivity index (χ2n) is 5.28. The minimum atomic E-state index is -0.270. The zero-order valence-corrected chi connectivity index (χ0v) is 14.5. The standard InChI is InChI=1S/C17H19ClN4O2/c1-11-14(17(18)22(3)21-11)8-9-15(23)20-13-6-4-12(5-7-13)10-16(24)19-2/h4-9H,10H2,1-3H3,(H,19,24)(H,20,23)/b9-8+. The highest BCUT2D eigenvalue weighted by Crippen LogP contribution is 2.20. The normalized spacial score (nSPS) is 10.8. The summed E-state index contributed by atoms with van der Waals surface area (Å²) in [5.74, 6) is -0.327. The summed E-state index contributed by atoms with van der Waals surface area (Å²) in [7, 11) is 3.34. The maximum Gasteiger partial charge on any atom is 0.248 e. The summed E-state index contributed by atoms with van der Waals surface area (Å²) < 4.78 is 1.56. The van der Waals surface area contributed by atoms with Gasteiger partial charge in [-0.2, -0.15) is 5.10 Å². The summed E-state index contributed by atoms with van der Waals surface area (Å²) >= 11 is 6.11. The number of benzene rings is 1. The number of halogens is 1. The number of amides is 2. The van der Waals surface area contributed by atoms with Crippen LogP contribution in [-0.2, 0) is 23.1 Å². The molecular weight excluding hydrogens is 328 g/mol. The fourth-order valence-electron chi connectivity index (χ4n) is 2.16. The van der Waals surface area contributed by atoms with Crippen molar-refractivity contribution in [2.24, 2.45) is 7.05 Å². The van der Waals surface area contributed by atoms with Crippen molar-refractivity contribution < 1.29 is 9.59 Å². The predicted octanol–water partition coefficient (Wildman–Crippen LogP) is 2.32. The average molecular weight is 347 g/mol. The lowest BCUT2D eigenvalue weighted by Gasteiger charge is -2.04. The maximum atomic E-state index is 12.0. The van der Waals surface area contributed by atoms with E-state index in [1.165, 1.54) is 6.08 Å². The number of aryl methyl sites for hydroxylation is 2. The molecule has 7 heteroatoms. The minimum Gasteiger partial charge on any atom is -0.359 e. The fourth-order valence-corrected chi connectivity index (χ4v) is 2.40. The van der Waals surface area contributed by atoms with Gasteiger partial charge >= 0.3 is 0 Å². The van der Waals surface area contributed by atoms with Gasteiger partial charge < -0.3 is 10.6 Å². The van der Waals surface area contributed by atoms with Crippen molar-refractivity contribution >= 4 is 35.2 Å². The Morgan fingerprint density at radius 3 is 2.50 bits per heavy atom. The number of hydrogen-bond donors (Lipinski definition) is 2. The van der Waals surface area contributed by atoms with Crippen molar-refractivity contribution in [3.63, 3.8) is 0 Å². The van der Waals surface area contributed by atoms with Crippen molar-refractivity contribution in [1.82, 2.24) is 15.1 Å². The van der Waals surface area contributed by atoms with E-state index < -0.39 is 0 Å². The number of likely N-dealkylation sites (N-methyl/N-ethyl adjacent to an activating group) is 1. The number of aromatic nitrogens is 2. The number of carbonyl (C=O) groups is 2. The Balaban J connectivity index is 1.99. The van der Waals surface area contributed by atoms with Gasteiger partial charge in [0.15, 0.2) is 0 Å². The number of hydrogen-bond acceptors (Lipinski definition) is 3. The van der Waals surface area contributed by atoms with Crippen LogP contribution < -0.4 is 10.6 Å². The third kappa shape index (κ3) is 4.45. The monoisotopic (exact) mass is 346 g/mol. The SMILES string of the molecule is CNC(=O)Cc1ccc(NC(=O)/C=C/c2c(C)nn(C)c2Cl)cc1. The van der Waals surface area contributed by atoms with Gasteiger partial charge in [0.25, 0.3) is 0 Å². The molecule has 6 nitrogen and oxygen atoms in total. The smallest absolute Gasteiger partial charge is 0.248 e. The molecule has 0 unspecified atom stereocenters. The fraction of sp³-hybridized carbons (Fsp3) is 0.235. The topological polar surface area (TPSA) is 76.0 Å². The molecule has 1 aromatic heterocycles. The Bertz CT molecular complexity index is 779. The van der Waals surface area contributed by atoms with Crippen LogP contribution in [0.5, 0.6) is 0 Å².